The Labute approximate surface area is 184 Å². The zero-order valence-electron chi connectivity index (χ0n) is 16.2. The van der Waals surface area contributed by atoms with Crippen LogP contribution < -0.4 is 0 Å². The largest absolute Gasteiger partial charge is 0.339 e. The van der Waals surface area contributed by atoms with Crippen molar-refractivity contribution in [3.8, 4) is 0 Å². The Morgan fingerprint density at radius 1 is 1.03 bits per heavy atom. The first-order valence-electron chi connectivity index (χ1n) is 9.03. The molecule has 158 valence electrons. The van der Waals surface area contributed by atoms with E-state index in [9.17, 15) is 17.6 Å². The van der Waals surface area contributed by atoms with Gasteiger partial charge in [0, 0.05) is 23.5 Å². The maximum absolute atomic E-state index is 14.3. The lowest BCUT2D eigenvalue weighted by Crippen LogP contribution is -2.41. The molecule has 9 heteroatoms. The van der Waals surface area contributed by atoms with Gasteiger partial charge in [0.2, 0.25) is 15.9 Å². The van der Waals surface area contributed by atoms with Crippen molar-refractivity contribution in [2.24, 2.45) is 0 Å². The van der Waals surface area contributed by atoms with Crippen LogP contribution in [0.25, 0.3) is 0 Å². The Bertz CT molecular complexity index is 1120. The Morgan fingerprint density at radius 3 is 2.40 bits per heavy atom. The number of sulfonamides is 1. The van der Waals surface area contributed by atoms with Crippen molar-refractivity contribution >= 4 is 38.9 Å². The molecule has 0 saturated heterocycles. The quantitative estimate of drug-likeness (QED) is 0.494. The van der Waals surface area contributed by atoms with Crippen molar-refractivity contribution in [3.63, 3.8) is 0 Å². The molecule has 5 nitrogen and oxygen atoms in total. The van der Waals surface area contributed by atoms with E-state index in [1.807, 2.05) is 17.5 Å². The summed E-state index contributed by atoms with van der Waals surface area (Å²) in [4.78, 5) is 14.8. The first-order chi connectivity index (χ1) is 14.3. The fourth-order valence-corrected chi connectivity index (χ4v) is 5.22. The lowest BCUT2D eigenvalue weighted by molar-refractivity contribution is -0.130. The summed E-state index contributed by atoms with van der Waals surface area (Å²) in [5.74, 6) is -1.28. The molecule has 0 spiro atoms. The highest BCUT2D eigenvalue weighted by molar-refractivity contribution is 7.89. The molecule has 0 bridgehead atoms. The molecular formula is C21H20ClFN2O3S2. The van der Waals surface area contributed by atoms with Crippen LogP contribution >= 0.6 is 22.9 Å². The lowest BCUT2D eigenvalue weighted by atomic mass is 10.2. The zero-order chi connectivity index (χ0) is 21.7. The molecule has 0 N–H and O–H groups in total. The molecule has 0 aliphatic carbocycles. The summed E-state index contributed by atoms with van der Waals surface area (Å²) < 4.78 is 41.7. The Hall–Kier alpha value is -2.26. The molecule has 2 aromatic carbocycles. The summed E-state index contributed by atoms with van der Waals surface area (Å²) in [6.07, 6.45) is 0. The van der Waals surface area contributed by atoms with Crippen LogP contribution in [0.3, 0.4) is 0 Å². The number of amides is 1. The van der Waals surface area contributed by atoms with Gasteiger partial charge >= 0.3 is 0 Å². The SMILES string of the molecule is CN(Cc1cccs1)C(=O)CN(Cc1ccccc1Cl)S(=O)(=O)c1ccccc1F. The molecule has 3 rings (SSSR count). The van der Waals surface area contributed by atoms with Crippen molar-refractivity contribution in [1.82, 2.24) is 9.21 Å². The molecule has 1 aromatic heterocycles. The predicted octanol–water partition coefficient (Wildman–Crippen LogP) is 4.39. The number of hydrogen-bond acceptors (Lipinski definition) is 4. The van der Waals surface area contributed by atoms with Crippen LogP contribution in [0.2, 0.25) is 5.02 Å². The van der Waals surface area contributed by atoms with Crippen LogP contribution in [-0.4, -0.2) is 37.1 Å². The molecule has 0 saturated carbocycles. The van der Waals surface area contributed by atoms with Gasteiger partial charge < -0.3 is 4.90 Å². The third-order valence-electron chi connectivity index (χ3n) is 4.47. The maximum Gasteiger partial charge on any atom is 0.246 e. The first-order valence-corrected chi connectivity index (χ1v) is 11.7. The van der Waals surface area contributed by atoms with Crippen LogP contribution in [0.1, 0.15) is 10.4 Å². The van der Waals surface area contributed by atoms with E-state index in [4.69, 9.17) is 11.6 Å². The van der Waals surface area contributed by atoms with Gasteiger partial charge in [-0.15, -0.1) is 11.3 Å². The molecule has 1 heterocycles. The first kappa shape index (κ1) is 22.4. The fraction of sp³-hybridized carbons (Fsp3) is 0.190. The smallest absolute Gasteiger partial charge is 0.246 e. The molecule has 1 amide bonds. The van der Waals surface area contributed by atoms with Gasteiger partial charge in [-0.1, -0.05) is 48.0 Å². The molecule has 0 atom stereocenters. The molecule has 0 aliphatic heterocycles. The number of thiophene rings is 1. The normalized spacial score (nSPS) is 11.6. The van der Waals surface area contributed by atoms with Gasteiger partial charge in [0.25, 0.3) is 0 Å². The molecular weight excluding hydrogens is 447 g/mol. The standard InChI is InChI=1S/C21H20ClFN2O3S2/c1-24(14-17-8-6-12-29-17)21(26)15-25(13-16-7-2-3-9-18(16)22)30(27,28)20-11-5-4-10-19(20)23/h2-12H,13-15H2,1H3. The van der Waals surface area contributed by atoms with Gasteiger partial charge in [0.05, 0.1) is 13.1 Å². The Balaban J connectivity index is 1.90. The van der Waals surface area contributed by atoms with E-state index in [0.717, 1.165) is 15.2 Å². The van der Waals surface area contributed by atoms with Gasteiger partial charge in [-0.3, -0.25) is 4.79 Å². The van der Waals surface area contributed by atoms with Crippen molar-refractivity contribution in [2.45, 2.75) is 18.0 Å². The summed E-state index contributed by atoms with van der Waals surface area (Å²) in [6, 6.07) is 15.6. The summed E-state index contributed by atoms with van der Waals surface area (Å²) in [5.41, 5.74) is 0.521. The molecule has 0 fully saturated rings. The predicted molar refractivity (Wildman–Crippen MR) is 116 cm³/mol. The maximum atomic E-state index is 14.3. The minimum Gasteiger partial charge on any atom is -0.339 e. The number of halogens is 2. The third kappa shape index (κ3) is 5.26. The zero-order valence-corrected chi connectivity index (χ0v) is 18.6. The minimum atomic E-state index is -4.28. The van der Waals surface area contributed by atoms with Crippen molar-refractivity contribution in [2.75, 3.05) is 13.6 Å². The van der Waals surface area contributed by atoms with Crippen LogP contribution in [0.5, 0.6) is 0 Å². The molecule has 0 radical (unpaired) electrons. The van der Waals surface area contributed by atoms with E-state index >= 15 is 0 Å². The number of carbonyl (C=O) groups is 1. The van der Waals surface area contributed by atoms with Gasteiger partial charge in [-0.25, -0.2) is 12.8 Å². The second-order valence-corrected chi connectivity index (χ2v) is 9.97. The number of carbonyl (C=O) groups excluding carboxylic acids is 1. The van der Waals surface area contributed by atoms with E-state index < -0.39 is 33.2 Å². The molecule has 0 aliphatic rings. The van der Waals surface area contributed by atoms with Gasteiger partial charge in [0.1, 0.15) is 10.7 Å². The van der Waals surface area contributed by atoms with E-state index in [2.05, 4.69) is 0 Å². The summed E-state index contributed by atoms with van der Waals surface area (Å²) >= 11 is 7.70. The van der Waals surface area contributed by atoms with Crippen LogP contribution in [0.4, 0.5) is 4.39 Å². The molecule has 3 aromatic rings. The summed E-state index contributed by atoms with van der Waals surface area (Å²) in [5, 5.41) is 2.27. The Kier molecular flexibility index (Phi) is 7.25. The summed E-state index contributed by atoms with van der Waals surface area (Å²) in [7, 11) is -2.68. The van der Waals surface area contributed by atoms with Crippen LogP contribution in [0, 0.1) is 5.82 Å². The van der Waals surface area contributed by atoms with Crippen molar-refractivity contribution in [1.29, 1.82) is 0 Å². The third-order valence-corrected chi connectivity index (χ3v) is 7.52. The topological polar surface area (TPSA) is 57.7 Å². The van der Waals surface area contributed by atoms with Crippen LogP contribution in [0.15, 0.2) is 70.9 Å². The van der Waals surface area contributed by atoms with Gasteiger partial charge in [-0.05, 0) is 35.2 Å². The van der Waals surface area contributed by atoms with E-state index in [-0.39, 0.29) is 6.54 Å². The van der Waals surface area contributed by atoms with Crippen LogP contribution in [-0.2, 0) is 27.9 Å². The van der Waals surface area contributed by atoms with Gasteiger partial charge in [0.15, 0.2) is 0 Å². The summed E-state index contributed by atoms with van der Waals surface area (Å²) in [6.45, 7) is -0.241. The average Bonchev–Trinajstić information content (AvgIpc) is 3.22. The number of rotatable bonds is 8. The minimum absolute atomic E-state index is 0.158. The molecule has 0 unspecified atom stereocenters. The monoisotopic (exact) mass is 466 g/mol. The highest BCUT2D eigenvalue weighted by Crippen LogP contribution is 2.24. The lowest BCUT2D eigenvalue weighted by Gasteiger charge is -2.25. The fourth-order valence-electron chi connectivity index (χ4n) is 2.83. The number of hydrogen-bond donors (Lipinski definition) is 0. The van der Waals surface area contributed by atoms with E-state index in [1.165, 1.54) is 34.4 Å². The van der Waals surface area contributed by atoms with Gasteiger partial charge in [-0.2, -0.15) is 4.31 Å². The number of benzene rings is 2. The highest BCUT2D eigenvalue weighted by atomic mass is 35.5. The second kappa shape index (κ2) is 9.70. The second-order valence-electron chi connectivity index (χ2n) is 6.62. The average molecular weight is 467 g/mol. The van der Waals surface area contributed by atoms with Crippen molar-refractivity contribution < 1.29 is 17.6 Å². The van der Waals surface area contributed by atoms with Crippen molar-refractivity contribution in [3.05, 3.63) is 87.3 Å². The van der Waals surface area contributed by atoms with E-state index in [1.54, 1.807) is 31.3 Å². The number of nitrogens with zero attached hydrogens (tertiary/aromatic N) is 2. The number of likely N-dealkylation sites (N-methyl/N-ethyl adjacent to an activating group) is 1. The molecule has 30 heavy (non-hydrogen) atoms. The van der Waals surface area contributed by atoms with E-state index in [0.29, 0.717) is 17.1 Å². The highest BCUT2D eigenvalue weighted by Gasteiger charge is 2.30. The Morgan fingerprint density at radius 2 is 1.73 bits per heavy atom.